The molecule has 0 saturated heterocycles. The Hall–Kier alpha value is -0.910. The van der Waals surface area contributed by atoms with Crippen molar-refractivity contribution in [1.82, 2.24) is 5.32 Å². The first-order valence-corrected chi connectivity index (χ1v) is 7.86. The third-order valence-corrected chi connectivity index (χ3v) is 4.82. The van der Waals surface area contributed by atoms with Crippen molar-refractivity contribution in [3.8, 4) is 0 Å². The van der Waals surface area contributed by atoms with Crippen LogP contribution in [0.4, 0.5) is 0 Å². The molecule has 1 saturated carbocycles. The van der Waals surface area contributed by atoms with Gasteiger partial charge in [-0.15, -0.1) is 0 Å². The molecule has 1 fully saturated rings. The fourth-order valence-corrected chi connectivity index (χ4v) is 2.48. The average molecular weight is 275 g/mol. The van der Waals surface area contributed by atoms with Gasteiger partial charge >= 0.3 is 5.97 Å². The van der Waals surface area contributed by atoms with E-state index >= 15 is 0 Å². The molecule has 2 N–H and O–H groups in total. The summed E-state index contributed by atoms with van der Waals surface area (Å²) in [6.07, 6.45) is 4.22. The first-order chi connectivity index (χ1) is 8.41. The van der Waals surface area contributed by atoms with E-state index in [1.807, 2.05) is 6.92 Å². The molecule has 0 aromatic heterocycles. The van der Waals surface area contributed by atoms with E-state index in [2.05, 4.69) is 5.32 Å². The predicted molar refractivity (Wildman–Crippen MR) is 69.6 cm³/mol. The number of amides is 1. The van der Waals surface area contributed by atoms with Crippen LogP contribution in [0.5, 0.6) is 0 Å². The molecule has 0 aromatic rings. The van der Waals surface area contributed by atoms with E-state index in [9.17, 15) is 13.8 Å². The van der Waals surface area contributed by atoms with Crippen molar-refractivity contribution in [2.24, 2.45) is 11.8 Å². The number of carboxylic acid groups (broad SMARTS) is 1. The van der Waals surface area contributed by atoms with Gasteiger partial charge < -0.3 is 10.4 Å². The van der Waals surface area contributed by atoms with Gasteiger partial charge in [0.25, 0.3) is 0 Å². The van der Waals surface area contributed by atoms with Gasteiger partial charge in [-0.25, -0.2) is 0 Å². The second-order valence-electron chi connectivity index (χ2n) is 4.95. The maximum Gasteiger partial charge on any atom is 0.306 e. The largest absolute Gasteiger partial charge is 0.481 e. The molecule has 4 atom stereocenters. The number of rotatable bonds is 5. The summed E-state index contributed by atoms with van der Waals surface area (Å²) < 4.78 is 11.2. The average Bonchev–Trinajstić information content (AvgIpc) is 2.35. The monoisotopic (exact) mass is 275 g/mol. The van der Waals surface area contributed by atoms with Gasteiger partial charge in [0.15, 0.2) is 0 Å². The van der Waals surface area contributed by atoms with E-state index in [1.165, 1.54) is 0 Å². The van der Waals surface area contributed by atoms with E-state index in [1.54, 1.807) is 6.26 Å². The SMILES string of the molecule is CC(CNC(=O)C1CCCC(C(=O)O)C1)S(C)=O. The zero-order chi connectivity index (χ0) is 13.7. The van der Waals surface area contributed by atoms with Crippen molar-refractivity contribution in [2.75, 3.05) is 12.8 Å². The lowest BCUT2D eigenvalue weighted by Gasteiger charge is -2.26. The lowest BCUT2D eigenvalue weighted by Crippen LogP contribution is -2.39. The van der Waals surface area contributed by atoms with Crippen molar-refractivity contribution >= 4 is 22.7 Å². The van der Waals surface area contributed by atoms with E-state index < -0.39 is 22.7 Å². The van der Waals surface area contributed by atoms with Crippen LogP contribution in [0, 0.1) is 11.8 Å². The fourth-order valence-electron chi connectivity index (χ4n) is 2.16. The van der Waals surface area contributed by atoms with Gasteiger partial charge in [-0.2, -0.15) is 0 Å². The third kappa shape index (κ3) is 4.40. The highest BCUT2D eigenvalue weighted by atomic mass is 32.2. The number of carbonyl (C=O) groups is 2. The third-order valence-electron chi connectivity index (χ3n) is 3.52. The molecule has 0 heterocycles. The second kappa shape index (κ2) is 6.87. The van der Waals surface area contributed by atoms with Gasteiger partial charge in [-0.3, -0.25) is 13.8 Å². The predicted octanol–water partition coefficient (Wildman–Crippen LogP) is 0.761. The van der Waals surface area contributed by atoms with Crippen molar-refractivity contribution in [1.29, 1.82) is 0 Å². The molecule has 0 radical (unpaired) electrons. The van der Waals surface area contributed by atoms with Crippen molar-refractivity contribution in [3.05, 3.63) is 0 Å². The van der Waals surface area contributed by atoms with Gasteiger partial charge in [0.1, 0.15) is 0 Å². The second-order valence-corrected chi connectivity index (χ2v) is 6.75. The Morgan fingerprint density at radius 2 is 2.00 bits per heavy atom. The summed E-state index contributed by atoms with van der Waals surface area (Å²) in [6.45, 7) is 2.20. The van der Waals surface area contributed by atoms with Crippen molar-refractivity contribution in [3.63, 3.8) is 0 Å². The van der Waals surface area contributed by atoms with E-state index in [-0.39, 0.29) is 17.1 Å². The summed E-state index contributed by atoms with van der Waals surface area (Å²) in [4.78, 5) is 22.8. The van der Waals surface area contributed by atoms with Gasteiger partial charge in [0, 0.05) is 34.8 Å². The summed E-state index contributed by atoms with van der Waals surface area (Å²) in [5, 5.41) is 11.6. The zero-order valence-electron chi connectivity index (χ0n) is 10.8. The zero-order valence-corrected chi connectivity index (χ0v) is 11.7. The van der Waals surface area contributed by atoms with Crippen LogP contribution >= 0.6 is 0 Å². The Morgan fingerprint density at radius 3 is 2.56 bits per heavy atom. The summed E-state index contributed by atoms with van der Waals surface area (Å²) in [7, 11) is -0.955. The molecule has 1 aliphatic rings. The molecule has 104 valence electrons. The molecule has 1 rings (SSSR count). The van der Waals surface area contributed by atoms with E-state index in [0.29, 0.717) is 19.4 Å². The minimum atomic E-state index is -0.955. The highest BCUT2D eigenvalue weighted by molar-refractivity contribution is 7.84. The van der Waals surface area contributed by atoms with Crippen molar-refractivity contribution < 1.29 is 18.9 Å². The van der Waals surface area contributed by atoms with E-state index in [4.69, 9.17) is 5.11 Å². The molecule has 4 unspecified atom stereocenters. The van der Waals surface area contributed by atoms with Crippen molar-refractivity contribution in [2.45, 2.75) is 37.9 Å². The first-order valence-electron chi connectivity index (χ1n) is 6.24. The lowest BCUT2D eigenvalue weighted by atomic mass is 9.81. The van der Waals surface area contributed by atoms with Gasteiger partial charge in [-0.05, 0) is 26.2 Å². The van der Waals surface area contributed by atoms with E-state index in [0.717, 1.165) is 12.8 Å². The number of aliphatic carboxylic acids is 1. The summed E-state index contributed by atoms with van der Waals surface area (Å²) in [5.41, 5.74) is 0. The minimum absolute atomic E-state index is 0.0761. The molecule has 5 nitrogen and oxygen atoms in total. The highest BCUT2D eigenvalue weighted by Gasteiger charge is 2.30. The van der Waals surface area contributed by atoms with Crippen LogP contribution in [-0.2, 0) is 20.4 Å². The standard InChI is InChI=1S/C12H21NO4S/c1-8(18(2)17)7-13-11(14)9-4-3-5-10(6-9)12(15)16/h8-10H,3-7H2,1-2H3,(H,13,14)(H,15,16). The van der Waals surface area contributed by atoms with Crippen LogP contribution in [0.2, 0.25) is 0 Å². The molecule has 0 aliphatic heterocycles. The van der Waals surface area contributed by atoms with Crippen LogP contribution in [0.25, 0.3) is 0 Å². The first kappa shape index (κ1) is 15.1. The molecule has 1 aliphatic carbocycles. The molecular weight excluding hydrogens is 254 g/mol. The van der Waals surface area contributed by atoms with Gasteiger partial charge in [0.05, 0.1) is 5.92 Å². The van der Waals surface area contributed by atoms with Gasteiger partial charge in [0.2, 0.25) is 5.91 Å². The maximum absolute atomic E-state index is 11.9. The Labute approximate surface area is 110 Å². The molecule has 0 bridgehead atoms. The lowest BCUT2D eigenvalue weighted by molar-refractivity contribution is -0.144. The van der Waals surface area contributed by atoms with Crippen LogP contribution in [0.15, 0.2) is 0 Å². The molecule has 0 spiro atoms. The normalized spacial score (nSPS) is 27.2. The smallest absolute Gasteiger partial charge is 0.306 e. The Kier molecular flexibility index (Phi) is 5.78. The Morgan fingerprint density at radius 1 is 1.39 bits per heavy atom. The number of carboxylic acids is 1. The number of hydrogen-bond acceptors (Lipinski definition) is 3. The minimum Gasteiger partial charge on any atom is -0.481 e. The fraction of sp³-hybridized carbons (Fsp3) is 0.833. The molecular formula is C12H21NO4S. The topological polar surface area (TPSA) is 83.5 Å². The Balaban J connectivity index is 2.42. The van der Waals surface area contributed by atoms with Crippen LogP contribution < -0.4 is 5.32 Å². The summed E-state index contributed by atoms with van der Waals surface area (Å²) in [5.74, 6) is -1.52. The van der Waals surface area contributed by atoms with Gasteiger partial charge in [-0.1, -0.05) is 6.42 Å². The summed E-state index contributed by atoms with van der Waals surface area (Å²) in [6, 6.07) is 0. The Bertz CT molecular complexity index is 345. The number of hydrogen-bond donors (Lipinski definition) is 2. The molecule has 18 heavy (non-hydrogen) atoms. The maximum atomic E-state index is 11.9. The van der Waals surface area contributed by atoms with Crippen LogP contribution in [-0.4, -0.2) is 39.2 Å². The molecule has 0 aromatic carbocycles. The summed E-state index contributed by atoms with van der Waals surface area (Å²) >= 11 is 0. The highest BCUT2D eigenvalue weighted by Crippen LogP contribution is 2.29. The molecule has 1 amide bonds. The number of carbonyl (C=O) groups excluding carboxylic acids is 1. The van der Waals surface area contributed by atoms with Crippen LogP contribution in [0.1, 0.15) is 32.6 Å². The quantitative estimate of drug-likeness (QED) is 0.776. The number of nitrogens with one attached hydrogen (secondary N) is 1. The molecule has 6 heteroatoms. The van der Waals surface area contributed by atoms with Crippen LogP contribution in [0.3, 0.4) is 0 Å².